The number of unbranched alkanes of at least 4 members (excludes halogenated alkanes) is 1. The first-order chi connectivity index (χ1) is 16.1. The number of methoxy groups -OCH3 is 1. The second-order valence-corrected chi connectivity index (χ2v) is 10.3. The number of aryl methyl sites for hydroxylation is 1. The SMILES string of the molecule is CCCCNC(=O)C(C)N(Cc1cccc(OC)c1)C(=O)CN(C)S(=O)(=O)c1ccc(C)cc1. The van der Waals surface area contributed by atoms with Gasteiger partial charge in [0.1, 0.15) is 11.8 Å². The van der Waals surface area contributed by atoms with Gasteiger partial charge in [-0.2, -0.15) is 4.31 Å². The minimum absolute atomic E-state index is 0.109. The van der Waals surface area contributed by atoms with Crippen LogP contribution in [0.3, 0.4) is 0 Å². The Hall–Kier alpha value is -2.91. The highest BCUT2D eigenvalue weighted by Crippen LogP contribution is 2.18. The molecule has 9 heteroatoms. The molecule has 2 aromatic rings. The molecule has 0 aliphatic carbocycles. The van der Waals surface area contributed by atoms with Gasteiger partial charge in [0, 0.05) is 20.1 Å². The van der Waals surface area contributed by atoms with Crippen molar-refractivity contribution < 1.29 is 22.7 Å². The van der Waals surface area contributed by atoms with E-state index in [-0.39, 0.29) is 17.3 Å². The molecule has 0 radical (unpaired) electrons. The average molecular weight is 490 g/mol. The first kappa shape index (κ1) is 27.3. The lowest BCUT2D eigenvalue weighted by Gasteiger charge is -2.30. The van der Waals surface area contributed by atoms with Gasteiger partial charge in [0.25, 0.3) is 0 Å². The number of nitrogens with one attached hydrogen (secondary N) is 1. The van der Waals surface area contributed by atoms with Crippen molar-refractivity contribution in [1.29, 1.82) is 0 Å². The number of carbonyl (C=O) groups excluding carboxylic acids is 2. The molecule has 2 amide bonds. The Morgan fingerprint density at radius 2 is 1.79 bits per heavy atom. The third-order valence-corrected chi connectivity index (χ3v) is 7.39. The monoisotopic (exact) mass is 489 g/mol. The van der Waals surface area contributed by atoms with Crippen molar-refractivity contribution in [3.8, 4) is 5.75 Å². The fourth-order valence-corrected chi connectivity index (χ4v) is 4.46. The molecule has 34 heavy (non-hydrogen) atoms. The first-order valence-electron chi connectivity index (χ1n) is 11.3. The van der Waals surface area contributed by atoms with Gasteiger partial charge in [0.15, 0.2) is 0 Å². The van der Waals surface area contributed by atoms with E-state index in [1.54, 1.807) is 44.4 Å². The molecule has 0 bridgehead atoms. The molecular formula is C25H35N3O5S. The number of ether oxygens (including phenoxy) is 1. The van der Waals surface area contributed by atoms with Crippen molar-refractivity contribution in [3.63, 3.8) is 0 Å². The third kappa shape index (κ3) is 7.30. The van der Waals surface area contributed by atoms with E-state index < -0.39 is 28.5 Å². The van der Waals surface area contributed by atoms with Gasteiger partial charge in [-0.25, -0.2) is 8.42 Å². The predicted molar refractivity (Wildman–Crippen MR) is 132 cm³/mol. The highest BCUT2D eigenvalue weighted by atomic mass is 32.2. The van der Waals surface area contributed by atoms with E-state index in [0.29, 0.717) is 12.3 Å². The van der Waals surface area contributed by atoms with Crippen LogP contribution < -0.4 is 10.1 Å². The zero-order chi connectivity index (χ0) is 25.3. The summed E-state index contributed by atoms with van der Waals surface area (Å²) in [5.41, 5.74) is 1.70. The van der Waals surface area contributed by atoms with E-state index in [9.17, 15) is 18.0 Å². The van der Waals surface area contributed by atoms with Gasteiger partial charge in [0.2, 0.25) is 21.8 Å². The Balaban J connectivity index is 2.26. The molecule has 0 aliphatic rings. The zero-order valence-electron chi connectivity index (χ0n) is 20.6. The normalized spacial score (nSPS) is 12.3. The smallest absolute Gasteiger partial charge is 0.243 e. The minimum atomic E-state index is -3.87. The first-order valence-corrected chi connectivity index (χ1v) is 12.8. The van der Waals surface area contributed by atoms with Gasteiger partial charge >= 0.3 is 0 Å². The van der Waals surface area contributed by atoms with Gasteiger partial charge in [-0.15, -0.1) is 0 Å². The van der Waals surface area contributed by atoms with Crippen LogP contribution in [-0.4, -0.2) is 62.7 Å². The molecule has 0 aliphatic heterocycles. The molecule has 2 aromatic carbocycles. The van der Waals surface area contributed by atoms with Crippen molar-refractivity contribution in [1.82, 2.24) is 14.5 Å². The molecule has 0 saturated carbocycles. The van der Waals surface area contributed by atoms with E-state index in [1.165, 1.54) is 24.1 Å². The van der Waals surface area contributed by atoms with Crippen LogP contribution in [0.2, 0.25) is 0 Å². The maximum atomic E-state index is 13.3. The van der Waals surface area contributed by atoms with E-state index >= 15 is 0 Å². The van der Waals surface area contributed by atoms with Gasteiger partial charge < -0.3 is 15.0 Å². The second kappa shape index (κ2) is 12.5. The fourth-order valence-electron chi connectivity index (χ4n) is 3.34. The Labute approximate surface area is 202 Å². The number of benzene rings is 2. The summed E-state index contributed by atoms with van der Waals surface area (Å²) >= 11 is 0. The van der Waals surface area contributed by atoms with Crippen LogP contribution in [0.15, 0.2) is 53.4 Å². The maximum absolute atomic E-state index is 13.3. The van der Waals surface area contributed by atoms with E-state index in [4.69, 9.17) is 4.74 Å². The largest absolute Gasteiger partial charge is 0.497 e. The Bertz CT molecular complexity index is 1070. The van der Waals surface area contributed by atoms with E-state index in [1.807, 2.05) is 19.9 Å². The summed E-state index contributed by atoms with van der Waals surface area (Å²) < 4.78 is 32.2. The molecule has 2 rings (SSSR count). The second-order valence-electron chi connectivity index (χ2n) is 8.27. The van der Waals surface area contributed by atoms with Crippen LogP contribution in [0.4, 0.5) is 0 Å². The molecule has 0 saturated heterocycles. The number of hydrogen-bond acceptors (Lipinski definition) is 5. The lowest BCUT2D eigenvalue weighted by atomic mass is 10.1. The molecule has 0 heterocycles. The average Bonchev–Trinajstić information content (AvgIpc) is 2.82. The number of likely N-dealkylation sites (N-methyl/N-ethyl adjacent to an activating group) is 1. The molecule has 0 spiro atoms. The van der Waals surface area contributed by atoms with Crippen molar-refractivity contribution in [2.75, 3.05) is 27.2 Å². The molecule has 1 atom stereocenters. The molecule has 1 unspecified atom stereocenters. The van der Waals surface area contributed by atoms with Crippen LogP contribution >= 0.6 is 0 Å². The van der Waals surface area contributed by atoms with Gasteiger partial charge in [-0.1, -0.05) is 43.2 Å². The molecule has 1 N–H and O–H groups in total. The van der Waals surface area contributed by atoms with Crippen LogP contribution in [0.5, 0.6) is 5.75 Å². The maximum Gasteiger partial charge on any atom is 0.243 e. The quantitative estimate of drug-likeness (QED) is 0.463. The van der Waals surface area contributed by atoms with Gasteiger partial charge in [-0.05, 0) is 50.1 Å². The van der Waals surface area contributed by atoms with Crippen molar-refractivity contribution >= 4 is 21.8 Å². The Kier molecular flexibility index (Phi) is 10.1. The van der Waals surface area contributed by atoms with Crippen molar-refractivity contribution in [3.05, 3.63) is 59.7 Å². The van der Waals surface area contributed by atoms with Crippen LogP contribution in [-0.2, 0) is 26.2 Å². The highest BCUT2D eigenvalue weighted by Gasteiger charge is 2.30. The number of hydrogen-bond donors (Lipinski definition) is 1. The fraction of sp³-hybridized carbons (Fsp3) is 0.440. The number of amides is 2. The predicted octanol–water partition coefficient (Wildman–Crippen LogP) is 2.96. The van der Waals surface area contributed by atoms with Gasteiger partial charge in [-0.3, -0.25) is 9.59 Å². The number of sulfonamides is 1. The molecular weight excluding hydrogens is 454 g/mol. The molecule has 0 fully saturated rings. The van der Waals surface area contributed by atoms with Crippen LogP contribution in [0, 0.1) is 6.92 Å². The van der Waals surface area contributed by atoms with E-state index in [2.05, 4.69) is 5.32 Å². The lowest BCUT2D eigenvalue weighted by Crippen LogP contribution is -2.50. The Morgan fingerprint density at radius 3 is 2.41 bits per heavy atom. The van der Waals surface area contributed by atoms with Crippen molar-refractivity contribution in [2.45, 2.75) is 51.1 Å². The summed E-state index contributed by atoms with van der Waals surface area (Å²) in [5, 5.41) is 2.85. The lowest BCUT2D eigenvalue weighted by molar-refractivity contribution is -0.140. The highest BCUT2D eigenvalue weighted by molar-refractivity contribution is 7.89. The number of rotatable bonds is 12. The standard InChI is InChI=1S/C25H35N3O5S/c1-6-7-15-26-25(30)20(3)28(17-21-9-8-10-22(16-21)33-5)24(29)18-27(4)34(31,32)23-13-11-19(2)12-14-23/h8-14,16,20H,6-7,15,17-18H2,1-5H3,(H,26,30). The molecule has 0 aromatic heterocycles. The molecule has 186 valence electrons. The number of carbonyl (C=O) groups is 2. The van der Waals surface area contributed by atoms with Crippen molar-refractivity contribution in [2.24, 2.45) is 0 Å². The third-order valence-electron chi connectivity index (χ3n) is 5.57. The topological polar surface area (TPSA) is 96.0 Å². The minimum Gasteiger partial charge on any atom is -0.497 e. The van der Waals surface area contributed by atoms with Crippen LogP contribution in [0.1, 0.15) is 37.8 Å². The molecule has 8 nitrogen and oxygen atoms in total. The summed E-state index contributed by atoms with van der Waals surface area (Å²) in [6.45, 7) is 5.80. The summed E-state index contributed by atoms with van der Waals surface area (Å²) in [4.78, 5) is 27.6. The number of nitrogens with zero attached hydrogens (tertiary/aromatic N) is 2. The van der Waals surface area contributed by atoms with Gasteiger partial charge in [0.05, 0.1) is 18.6 Å². The summed E-state index contributed by atoms with van der Waals surface area (Å²) in [6, 6.07) is 12.9. The zero-order valence-corrected chi connectivity index (χ0v) is 21.4. The van der Waals surface area contributed by atoms with Crippen LogP contribution in [0.25, 0.3) is 0 Å². The van der Waals surface area contributed by atoms with E-state index in [0.717, 1.165) is 28.3 Å². The summed E-state index contributed by atoms with van der Waals surface area (Å²) in [5.74, 6) is -0.128. The Morgan fingerprint density at radius 1 is 1.12 bits per heavy atom. The summed E-state index contributed by atoms with van der Waals surface area (Å²) in [7, 11) is -0.950. The summed E-state index contributed by atoms with van der Waals surface area (Å²) in [6.07, 6.45) is 1.77.